The Bertz CT molecular complexity index is 650. The molecule has 0 spiro atoms. The molecule has 7 heteroatoms. The maximum absolute atomic E-state index is 11.5. The summed E-state index contributed by atoms with van der Waals surface area (Å²) in [4.78, 5) is 10.1. The summed E-state index contributed by atoms with van der Waals surface area (Å²) < 4.78 is 23.1. The van der Waals surface area contributed by atoms with Gasteiger partial charge in [0.25, 0.3) is 0 Å². The van der Waals surface area contributed by atoms with E-state index >= 15 is 0 Å². The summed E-state index contributed by atoms with van der Waals surface area (Å²) in [5.41, 5.74) is -0.0549. The molecule has 6 nitrogen and oxygen atoms in total. The van der Waals surface area contributed by atoms with Crippen molar-refractivity contribution in [3.8, 4) is 12.1 Å². The summed E-state index contributed by atoms with van der Waals surface area (Å²) in [6, 6.07) is 6.69. The number of nitrogens with zero attached hydrogens (tertiary/aromatic N) is 2. The van der Waals surface area contributed by atoms with E-state index in [0.29, 0.717) is 0 Å². The zero-order chi connectivity index (χ0) is 13.1. The highest BCUT2D eigenvalue weighted by Gasteiger charge is 2.20. The van der Waals surface area contributed by atoms with Crippen molar-refractivity contribution in [1.29, 1.82) is 10.5 Å². The minimum Gasteiger partial charge on any atom is -0.480 e. The summed E-state index contributed by atoms with van der Waals surface area (Å²) in [7, 11) is -3.98. The third kappa shape index (κ3) is 2.80. The molecular weight excluding hydrogens is 244 g/mol. The number of hydrogen-bond acceptors (Lipinski definition) is 5. The first-order valence-electron chi connectivity index (χ1n) is 4.29. The van der Waals surface area contributed by atoms with Crippen LogP contribution >= 0.6 is 0 Å². The van der Waals surface area contributed by atoms with Gasteiger partial charge in [0, 0.05) is 0 Å². The number of sulfone groups is 1. The summed E-state index contributed by atoms with van der Waals surface area (Å²) in [5, 5.41) is 25.8. The Morgan fingerprint density at radius 1 is 1.24 bits per heavy atom. The number of benzene rings is 1. The molecule has 1 aromatic rings. The van der Waals surface area contributed by atoms with Crippen LogP contribution in [0.4, 0.5) is 0 Å². The predicted octanol–water partition coefficient (Wildman–Crippen LogP) is 0.288. The normalized spacial score (nSPS) is 10.2. The standard InChI is InChI=1S/C10H6N2O4S/c11-4-7-1-2-9(3-8(7)5-12)17(15,16)6-10(13)14/h1-3H,6H2,(H,13,14). The van der Waals surface area contributed by atoms with Gasteiger partial charge in [-0.15, -0.1) is 0 Å². The molecule has 1 N–H and O–H groups in total. The van der Waals surface area contributed by atoms with E-state index in [9.17, 15) is 13.2 Å². The van der Waals surface area contributed by atoms with Gasteiger partial charge in [-0.3, -0.25) is 4.79 Å². The van der Waals surface area contributed by atoms with Crippen LogP contribution in [0.1, 0.15) is 11.1 Å². The van der Waals surface area contributed by atoms with Gasteiger partial charge in [0.1, 0.15) is 12.1 Å². The third-order valence-electron chi connectivity index (χ3n) is 1.90. The minimum absolute atomic E-state index is 0.0433. The number of hydrogen-bond donors (Lipinski definition) is 1. The van der Waals surface area contributed by atoms with Gasteiger partial charge >= 0.3 is 5.97 Å². The molecule has 17 heavy (non-hydrogen) atoms. The van der Waals surface area contributed by atoms with E-state index in [0.717, 1.165) is 12.1 Å². The Kier molecular flexibility index (Phi) is 3.46. The Balaban J connectivity index is 3.33. The zero-order valence-electron chi connectivity index (χ0n) is 8.41. The van der Waals surface area contributed by atoms with E-state index in [1.807, 2.05) is 0 Å². The average Bonchev–Trinajstić information content (AvgIpc) is 2.26. The van der Waals surface area contributed by atoms with Gasteiger partial charge < -0.3 is 5.11 Å². The van der Waals surface area contributed by atoms with E-state index in [2.05, 4.69) is 0 Å². The van der Waals surface area contributed by atoms with Crippen molar-refractivity contribution in [3.05, 3.63) is 29.3 Å². The number of aliphatic carboxylic acids is 1. The first-order valence-corrected chi connectivity index (χ1v) is 5.94. The lowest BCUT2D eigenvalue weighted by Gasteiger charge is -2.02. The Morgan fingerprint density at radius 3 is 2.29 bits per heavy atom. The molecule has 0 atom stereocenters. The first kappa shape index (κ1) is 12.7. The van der Waals surface area contributed by atoms with Crippen LogP contribution in [0.3, 0.4) is 0 Å². The molecule has 0 unspecified atom stereocenters. The second kappa shape index (κ2) is 4.64. The van der Waals surface area contributed by atoms with Crippen molar-refractivity contribution in [2.24, 2.45) is 0 Å². The molecule has 0 saturated heterocycles. The quantitative estimate of drug-likeness (QED) is 0.823. The molecule has 0 heterocycles. The average molecular weight is 250 g/mol. The Morgan fingerprint density at radius 2 is 1.82 bits per heavy atom. The van der Waals surface area contributed by atoms with Crippen LogP contribution in [0.2, 0.25) is 0 Å². The molecule has 0 fully saturated rings. The van der Waals surface area contributed by atoms with Gasteiger partial charge in [0.2, 0.25) is 0 Å². The molecule has 0 radical (unpaired) electrons. The lowest BCUT2D eigenvalue weighted by molar-refractivity contribution is -0.134. The smallest absolute Gasteiger partial charge is 0.319 e. The molecule has 1 aromatic carbocycles. The van der Waals surface area contributed by atoms with Crippen molar-refractivity contribution in [3.63, 3.8) is 0 Å². The van der Waals surface area contributed by atoms with Gasteiger partial charge in [-0.2, -0.15) is 10.5 Å². The molecule has 0 amide bonds. The zero-order valence-corrected chi connectivity index (χ0v) is 9.23. The van der Waals surface area contributed by atoms with Gasteiger partial charge in [-0.1, -0.05) is 0 Å². The Hall–Kier alpha value is -2.38. The van der Waals surface area contributed by atoms with Crippen LogP contribution in [-0.2, 0) is 14.6 Å². The van der Waals surface area contributed by atoms with Crippen LogP contribution in [0, 0.1) is 22.7 Å². The number of rotatable bonds is 3. The van der Waals surface area contributed by atoms with Crippen molar-refractivity contribution >= 4 is 15.8 Å². The molecule has 0 aliphatic heterocycles. The van der Waals surface area contributed by atoms with E-state index in [4.69, 9.17) is 15.6 Å². The largest absolute Gasteiger partial charge is 0.480 e. The van der Waals surface area contributed by atoms with Gasteiger partial charge in [0.15, 0.2) is 15.6 Å². The summed E-state index contributed by atoms with van der Waals surface area (Å²) in [5.74, 6) is -2.53. The lowest BCUT2D eigenvalue weighted by atomic mass is 10.1. The van der Waals surface area contributed by atoms with Crippen LogP contribution in [-0.4, -0.2) is 25.2 Å². The lowest BCUT2D eigenvalue weighted by Crippen LogP contribution is -2.15. The van der Waals surface area contributed by atoms with Gasteiger partial charge in [-0.05, 0) is 18.2 Å². The molecule has 0 saturated carbocycles. The molecule has 86 valence electrons. The number of carbonyl (C=O) groups is 1. The third-order valence-corrected chi connectivity index (χ3v) is 3.50. The van der Waals surface area contributed by atoms with Crippen molar-refractivity contribution in [1.82, 2.24) is 0 Å². The second-order valence-corrected chi connectivity index (χ2v) is 5.07. The van der Waals surface area contributed by atoms with Gasteiger partial charge in [-0.25, -0.2) is 8.42 Å². The maximum Gasteiger partial charge on any atom is 0.319 e. The topological polar surface area (TPSA) is 119 Å². The van der Waals surface area contributed by atoms with Crippen LogP contribution in [0.25, 0.3) is 0 Å². The van der Waals surface area contributed by atoms with Crippen LogP contribution < -0.4 is 0 Å². The van der Waals surface area contributed by atoms with Crippen LogP contribution in [0.5, 0.6) is 0 Å². The minimum atomic E-state index is -3.98. The van der Waals surface area contributed by atoms with E-state index in [-0.39, 0.29) is 16.0 Å². The Labute approximate surface area is 97.3 Å². The highest BCUT2D eigenvalue weighted by atomic mass is 32.2. The molecule has 0 bridgehead atoms. The van der Waals surface area contributed by atoms with E-state index in [1.54, 1.807) is 12.1 Å². The van der Waals surface area contributed by atoms with Crippen molar-refractivity contribution in [2.75, 3.05) is 5.75 Å². The first-order chi connectivity index (χ1) is 7.90. The maximum atomic E-state index is 11.5. The SMILES string of the molecule is N#Cc1ccc(S(=O)(=O)CC(=O)O)cc1C#N. The predicted molar refractivity (Wildman–Crippen MR) is 55.6 cm³/mol. The monoisotopic (exact) mass is 250 g/mol. The number of carboxylic acid groups (broad SMARTS) is 1. The van der Waals surface area contributed by atoms with E-state index in [1.165, 1.54) is 6.07 Å². The molecular formula is C10H6N2O4S. The molecule has 0 aliphatic rings. The van der Waals surface area contributed by atoms with Crippen molar-refractivity contribution < 1.29 is 18.3 Å². The van der Waals surface area contributed by atoms with Crippen LogP contribution in [0.15, 0.2) is 23.1 Å². The molecule has 1 rings (SSSR count). The summed E-state index contributed by atoms with van der Waals surface area (Å²) in [6.45, 7) is 0. The fourth-order valence-electron chi connectivity index (χ4n) is 1.15. The number of nitriles is 2. The number of carboxylic acids is 1. The molecule has 0 aromatic heterocycles. The fraction of sp³-hybridized carbons (Fsp3) is 0.100. The highest BCUT2D eigenvalue weighted by Crippen LogP contribution is 2.16. The van der Waals surface area contributed by atoms with E-state index < -0.39 is 21.6 Å². The second-order valence-electron chi connectivity index (χ2n) is 3.08. The highest BCUT2D eigenvalue weighted by molar-refractivity contribution is 7.92. The summed E-state index contributed by atoms with van der Waals surface area (Å²) in [6.07, 6.45) is 0. The molecule has 0 aliphatic carbocycles. The summed E-state index contributed by atoms with van der Waals surface area (Å²) >= 11 is 0. The van der Waals surface area contributed by atoms with Gasteiger partial charge in [0.05, 0.1) is 16.0 Å². The fourth-order valence-corrected chi connectivity index (χ4v) is 2.22. The van der Waals surface area contributed by atoms with Crippen molar-refractivity contribution in [2.45, 2.75) is 4.90 Å².